The van der Waals surface area contributed by atoms with E-state index in [1.165, 1.54) is 24.0 Å². The third kappa shape index (κ3) is 6.26. The number of carbonyl (C=O) groups excluding carboxylic acids is 2. The number of hydrogen-bond acceptors (Lipinski definition) is 3. The molecule has 0 bridgehead atoms. The molecule has 2 aliphatic rings. The molecule has 2 aliphatic heterocycles. The molecule has 2 saturated heterocycles. The van der Waals surface area contributed by atoms with Crippen LogP contribution in [0.15, 0.2) is 48.5 Å². The fraction of sp³-hybridized carbons (Fsp3) is 0.517. The van der Waals surface area contributed by atoms with Gasteiger partial charge < -0.3 is 15.1 Å². The summed E-state index contributed by atoms with van der Waals surface area (Å²) in [6.45, 7) is 7.80. The number of unbranched alkanes of at least 4 members (excludes halogenated alkanes) is 1. The molecule has 0 spiro atoms. The number of aryl methyl sites for hydroxylation is 2. The van der Waals surface area contributed by atoms with Crippen molar-refractivity contribution in [3.05, 3.63) is 65.2 Å². The molecule has 2 amide bonds. The largest absolute Gasteiger partial charge is 0.339 e. The molecule has 4 rings (SSSR count). The molecule has 0 aliphatic carbocycles. The first kappa shape index (κ1) is 24.5. The first-order chi connectivity index (χ1) is 16.5. The highest BCUT2D eigenvalue weighted by molar-refractivity contribution is 5.94. The summed E-state index contributed by atoms with van der Waals surface area (Å²) in [5.74, 6) is 0.385. The van der Waals surface area contributed by atoms with Crippen molar-refractivity contribution in [3.63, 3.8) is 0 Å². The van der Waals surface area contributed by atoms with E-state index in [4.69, 9.17) is 0 Å². The number of nitrogens with one attached hydrogen (secondary N) is 1. The van der Waals surface area contributed by atoms with E-state index in [0.717, 1.165) is 69.5 Å². The molecule has 2 aromatic carbocycles. The van der Waals surface area contributed by atoms with Gasteiger partial charge in [-0.2, -0.15) is 0 Å². The maximum Gasteiger partial charge on any atom is 0.253 e. The molecule has 2 heterocycles. The van der Waals surface area contributed by atoms with E-state index in [1.807, 2.05) is 48.2 Å². The molecule has 5 nitrogen and oxygen atoms in total. The number of likely N-dealkylation sites (tertiary alicyclic amines) is 2. The Morgan fingerprint density at radius 3 is 2.15 bits per heavy atom. The molecule has 1 N–H and O–H groups in total. The predicted octanol–water partition coefficient (Wildman–Crippen LogP) is 5.29. The van der Waals surface area contributed by atoms with Crippen molar-refractivity contribution in [1.82, 2.24) is 9.80 Å². The van der Waals surface area contributed by atoms with Crippen LogP contribution >= 0.6 is 0 Å². The average Bonchev–Trinajstić information content (AvgIpc) is 2.89. The molecule has 5 heteroatoms. The first-order valence-electron chi connectivity index (χ1n) is 13.0. The van der Waals surface area contributed by atoms with E-state index in [-0.39, 0.29) is 17.7 Å². The second kappa shape index (κ2) is 11.7. The number of rotatable bonds is 7. The van der Waals surface area contributed by atoms with Crippen molar-refractivity contribution < 1.29 is 9.59 Å². The van der Waals surface area contributed by atoms with Crippen LogP contribution in [-0.2, 0) is 11.2 Å². The standard InChI is InChI=1S/C29H39N3O2/c1-3-4-5-23-8-10-25(11-9-23)29(34)32-20-16-27(17-21-32)31-18-14-24(15-19-31)28(33)30-26-12-6-22(2)7-13-26/h6-13,24,27H,3-5,14-21H2,1-2H3,(H,30,33). The van der Waals surface area contributed by atoms with Gasteiger partial charge in [-0.1, -0.05) is 43.2 Å². The molecule has 2 aromatic rings. The summed E-state index contributed by atoms with van der Waals surface area (Å²) in [5.41, 5.74) is 4.19. The van der Waals surface area contributed by atoms with Gasteiger partial charge in [-0.3, -0.25) is 9.59 Å². The first-order valence-corrected chi connectivity index (χ1v) is 13.0. The minimum Gasteiger partial charge on any atom is -0.339 e. The van der Waals surface area contributed by atoms with Gasteiger partial charge in [0.05, 0.1) is 0 Å². The van der Waals surface area contributed by atoms with Crippen LogP contribution < -0.4 is 5.32 Å². The summed E-state index contributed by atoms with van der Waals surface area (Å²) < 4.78 is 0. The number of amides is 2. The van der Waals surface area contributed by atoms with Crippen LogP contribution in [0.2, 0.25) is 0 Å². The van der Waals surface area contributed by atoms with Crippen LogP contribution in [-0.4, -0.2) is 53.8 Å². The Hall–Kier alpha value is -2.66. The predicted molar refractivity (Wildman–Crippen MR) is 138 cm³/mol. The lowest BCUT2D eigenvalue weighted by molar-refractivity contribution is -0.121. The van der Waals surface area contributed by atoms with Crippen molar-refractivity contribution >= 4 is 17.5 Å². The Morgan fingerprint density at radius 1 is 0.882 bits per heavy atom. The van der Waals surface area contributed by atoms with Crippen molar-refractivity contribution in [1.29, 1.82) is 0 Å². The van der Waals surface area contributed by atoms with Crippen molar-refractivity contribution in [2.45, 2.75) is 64.8 Å². The van der Waals surface area contributed by atoms with Crippen molar-refractivity contribution in [3.8, 4) is 0 Å². The maximum atomic E-state index is 13.0. The topological polar surface area (TPSA) is 52.7 Å². The fourth-order valence-corrected chi connectivity index (χ4v) is 5.22. The van der Waals surface area contributed by atoms with Gasteiger partial charge in [0, 0.05) is 36.3 Å². The van der Waals surface area contributed by atoms with E-state index >= 15 is 0 Å². The number of anilines is 1. The van der Waals surface area contributed by atoms with Gasteiger partial charge in [-0.15, -0.1) is 0 Å². The molecular weight excluding hydrogens is 422 g/mol. The van der Waals surface area contributed by atoms with Gasteiger partial charge >= 0.3 is 0 Å². The molecule has 0 radical (unpaired) electrons. The molecule has 0 atom stereocenters. The summed E-state index contributed by atoms with van der Waals surface area (Å²) in [5, 5.41) is 3.08. The smallest absolute Gasteiger partial charge is 0.253 e. The third-order valence-corrected chi connectivity index (χ3v) is 7.51. The summed E-state index contributed by atoms with van der Waals surface area (Å²) in [7, 11) is 0. The SMILES string of the molecule is CCCCc1ccc(C(=O)N2CCC(N3CCC(C(=O)Nc4ccc(C)cc4)CC3)CC2)cc1. The lowest BCUT2D eigenvalue weighted by Gasteiger charge is -2.41. The molecule has 0 saturated carbocycles. The molecule has 182 valence electrons. The summed E-state index contributed by atoms with van der Waals surface area (Å²) in [4.78, 5) is 30.2. The summed E-state index contributed by atoms with van der Waals surface area (Å²) in [6, 6.07) is 16.7. The van der Waals surface area contributed by atoms with Crippen LogP contribution in [0.5, 0.6) is 0 Å². The Morgan fingerprint density at radius 2 is 1.53 bits per heavy atom. The summed E-state index contributed by atoms with van der Waals surface area (Å²) >= 11 is 0. The van der Waals surface area contributed by atoms with Gasteiger partial charge in [-0.05, 0) is 88.4 Å². The molecule has 0 aromatic heterocycles. The maximum absolute atomic E-state index is 13.0. The average molecular weight is 462 g/mol. The van der Waals surface area contributed by atoms with Crippen LogP contribution in [0.25, 0.3) is 0 Å². The molecular formula is C29H39N3O2. The Labute approximate surface area is 204 Å². The number of benzene rings is 2. The van der Waals surface area contributed by atoms with Crippen molar-refractivity contribution in [2.75, 3.05) is 31.5 Å². The monoisotopic (exact) mass is 461 g/mol. The number of hydrogen-bond donors (Lipinski definition) is 1. The Kier molecular flexibility index (Phi) is 8.39. The van der Waals surface area contributed by atoms with Gasteiger partial charge in [0.15, 0.2) is 0 Å². The van der Waals surface area contributed by atoms with Crippen LogP contribution in [0.1, 0.15) is 66.9 Å². The van der Waals surface area contributed by atoms with Gasteiger partial charge in [0.2, 0.25) is 5.91 Å². The summed E-state index contributed by atoms with van der Waals surface area (Å²) in [6.07, 6.45) is 7.30. The molecule has 34 heavy (non-hydrogen) atoms. The van der Waals surface area contributed by atoms with E-state index in [0.29, 0.717) is 6.04 Å². The third-order valence-electron chi connectivity index (χ3n) is 7.51. The minimum absolute atomic E-state index is 0.0829. The van der Waals surface area contributed by atoms with Gasteiger partial charge in [-0.25, -0.2) is 0 Å². The zero-order valence-corrected chi connectivity index (χ0v) is 20.8. The van der Waals surface area contributed by atoms with E-state index < -0.39 is 0 Å². The number of carbonyl (C=O) groups is 2. The molecule has 0 unspecified atom stereocenters. The van der Waals surface area contributed by atoms with Crippen LogP contribution in [0, 0.1) is 12.8 Å². The van der Waals surface area contributed by atoms with E-state index in [2.05, 4.69) is 29.3 Å². The van der Waals surface area contributed by atoms with Crippen LogP contribution in [0.3, 0.4) is 0 Å². The highest BCUT2D eigenvalue weighted by atomic mass is 16.2. The minimum atomic E-state index is 0.0829. The second-order valence-electron chi connectivity index (χ2n) is 9.99. The number of nitrogens with zero attached hydrogens (tertiary/aromatic N) is 2. The fourth-order valence-electron chi connectivity index (χ4n) is 5.22. The lowest BCUT2D eigenvalue weighted by atomic mass is 9.92. The van der Waals surface area contributed by atoms with Crippen molar-refractivity contribution in [2.24, 2.45) is 5.92 Å². The lowest BCUT2D eigenvalue weighted by Crippen LogP contribution is -2.49. The molecule has 2 fully saturated rings. The second-order valence-corrected chi connectivity index (χ2v) is 9.99. The Bertz CT molecular complexity index is 938. The zero-order chi connectivity index (χ0) is 23.9. The van der Waals surface area contributed by atoms with E-state index in [9.17, 15) is 9.59 Å². The van der Waals surface area contributed by atoms with Crippen LogP contribution in [0.4, 0.5) is 5.69 Å². The normalized spacial score (nSPS) is 18.1. The van der Waals surface area contributed by atoms with Gasteiger partial charge in [0.1, 0.15) is 0 Å². The quantitative estimate of drug-likeness (QED) is 0.609. The van der Waals surface area contributed by atoms with E-state index in [1.54, 1.807) is 0 Å². The zero-order valence-electron chi connectivity index (χ0n) is 20.8. The van der Waals surface area contributed by atoms with Gasteiger partial charge in [0.25, 0.3) is 5.91 Å². The Balaban J connectivity index is 1.21. The highest BCUT2D eigenvalue weighted by Crippen LogP contribution is 2.26. The number of piperidine rings is 2. The highest BCUT2D eigenvalue weighted by Gasteiger charge is 2.31.